The zero-order chi connectivity index (χ0) is 39.8. The molecule has 57 heavy (non-hydrogen) atoms. The third kappa shape index (κ3) is 8.04. The number of ether oxygens (including phenoxy) is 3. The Morgan fingerprint density at radius 3 is 1.91 bits per heavy atom. The highest BCUT2D eigenvalue weighted by Gasteiger charge is 2.28. The second kappa shape index (κ2) is 16.2. The average molecular weight is 788 g/mol. The van der Waals surface area contributed by atoms with Crippen LogP contribution in [0.4, 0.5) is 17.6 Å². The van der Waals surface area contributed by atoms with Gasteiger partial charge in [-0.3, -0.25) is 9.69 Å². The quantitative estimate of drug-likeness (QED) is 0.0820. The van der Waals surface area contributed by atoms with E-state index in [1.54, 1.807) is 6.07 Å². The summed E-state index contributed by atoms with van der Waals surface area (Å²) in [7, 11) is 1.91. The number of nitrogens with one attached hydrogen (secondary N) is 2. The van der Waals surface area contributed by atoms with Gasteiger partial charge in [0.05, 0.1) is 0 Å². The maximum absolute atomic E-state index is 13.5. The van der Waals surface area contributed by atoms with Crippen LogP contribution in [0.25, 0.3) is 56.2 Å². The van der Waals surface area contributed by atoms with E-state index in [0.717, 1.165) is 53.9 Å². The number of carbonyl (C=O) groups excluding carboxylic acids is 1. The summed E-state index contributed by atoms with van der Waals surface area (Å²) in [5.41, 5.74) is 7.15. The number of carbonyl (C=O) groups is 1. The molecule has 1 atom stereocenters. The van der Waals surface area contributed by atoms with Gasteiger partial charge in [0.2, 0.25) is 11.8 Å². The van der Waals surface area contributed by atoms with Crippen LogP contribution < -0.4 is 20.1 Å². The van der Waals surface area contributed by atoms with Crippen molar-refractivity contribution in [2.45, 2.75) is 59.1 Å². The molecule has 4 aromatic carbocycles. The van der Waals surface area contributed by atoms with Crippen molar-refractivity contribution in [3.8, 4) is 45.5 Å². The Morgan fingerprint density at radius 2 is 1.39 bits per heavy atom. The molecule has 0 bridgehead atoms. The van der Waals surface area contributed by atoms with Gasteiger partial charge in [-0.25, -0.2) is 9.97 Å². The summed E-state index contributed by atoms with van der Waals surface area (Å²) in [6, 6.07) is 17.1. The average Bonchev–Trinajstić information content (AvgIpc) is 3.93. The van der Waals surface area contributed by atoms with Gasteiger partial charge in [0.1, 0.15) is 35.2 Å². The SMILES string of the molecule is CNCC1CN(Cc2cc3nc(-c4cccc(-c5cccc(-c6nc7cc(COC(=O)[C@@H]8CCCN8)c(OC(F)F)cc7o6)c5C)c4C)oc3cc2OC(F)F)C1. The first-order valence-corrected chi connectivity index (χ1v) is 18.8. The lowest BCUT2D eigenvalue weighted by Crippen LogP contribution is -2.49. The van der Waals surface area contributed by atoms with Crippen LogP contribution in [0.3, 0.4) is 0 Å². The van der Waals surface area contributed by atoms with Crippen molar-refractivity contribution in [1.29, 1.82) is 0 Å². The third-order valence-electron chi connectivity index (χ3n) is 10.6. The second-order valence-electron chi connectivity index (χ2n) is 14.5. The Kier molecular flexibility index (Phi) is 10.9. The van der Waals surface area contributed by atoms with Gasteiger partial charge in [0, 0.05) is 60.6 Å². The van der Waals surface area contributed by atoms with E-state index >= 15 is 0 Å². The Balaban J connectivity index is 1.09. The third-order valence-corrected chi connectivity index (χ3v) is 10.6. The van der Waals surface area contributed by atoms with Crippen molar-refractivity contribution in [1.82, 2.24) is 25.5 Å². The van der Waals surface area contributed by atoms with Crippen LogP contribution in [0.2, 0.25) is 0 Å². The molecular weight excluding hydrogens is 746 g/mol. The number of halogens is 4. The lowest BCUT2D eigenvalue weighted by atomic mass is 9.91. The molecule has 2 aliphatic heterocycles. The van der Waals surface area contributed by atoms with E-state index in [0.29, 0.717) is 59.1 Å². The molecule has 0 spiro atoms. The summed E-state index contributed by atoms with van der Waals surface area (Å²) in [6.45, 7) is 1.27. The topological polar surface area (TPSA) is 124 Å². The highest BCUT2D eigenvalue weighted by Crippen LogP contribution is 2.40. The molecule has 11 nitrogen and oxygen atoms in total. The van der Waals surface area contributed by atoms with Gasteiger partial charge in [0.15, 0.2) is 11.2 Å². The van der Waals surface area contributed by atoms with Crippen molar-refractivity contribution in [2.75, 3.05) is 33.2 Å². The van der Waals surface area contributed by atoms with E-state index in [-0.39, 0.29) is 35.1 Å². The molecule has 0 saturated carbocycles. The summed E-state index contributed by atoms with van der Waals surface area (Å²) in [6.07, 6.45) is 1.49. The van der Waals surface area contributed by atoms with E-state index in [9.17, 15) is 22.4 Å². The molecule has 298 valence electrons. The standard InChI is InChI=1S/C42H41F4N5O6/c1-22-27(7-4-9-29(22)38-49-32-13-25(20-51-18-24(19-51)17-47-3)34(56-41(43)44)15-36(32)54-38)28-8-5-10-30(23(28)2)39-50-33-14-26(21-53-40(52)31-11-6-12-48-31)35(57-42(45)46)16-37(33)55-39/h4-5,7-10,13-16,24,31,41-42,47-48H,6,11-12,17-21H2,1-3H3/t31-/m0/s1. The summed E-state index contributed by atoms with van der Waals surface area (Å²) in [4.78, 5) is 24.2. The fourth-order valence-corrected chi connectivity index (χ4v) is 7.79. The molecule has 2 saturated heterocycles. The lowest BCUT2D eigenvalue weighted by Gasteiger charge is -2.39. The molecule has 6 aromatic rings. The van der Waals surface area contributed by atoms with Crippen molar-refractivity contribution in [3.63, 3.8) is 0 Å². The van der Waals surface area contributed by atoms with Crippen LogP contribution in [-0.2, 0) is 22.7 Å². The highest BCUT2D eigenvalue weighted by atomic mass is 19.3. The first-order valence-electron chi connectivity index (χ1n) is 18.8. The number of hydrogen-bond acceptors (Lipinski definition) is 11. The van der Waals surface area contributed by atoms with Gasteiger partial charge in [-0.2, -0.15) is 17.6 Å². The molecule has 4 heterocycles. The summed E-state index contributed by atoms with van der Waals surface area (Å²) in [5.74, 6) is 0.525. The van der Waals surface area contributed by atoms with Crippen LogP contribution in [0, 0.1) is 19.8 Å². The Bertz CT molecular complexity index is 2420. The number of likely N-dealkylation sites (tertiary alicyclic amines) is 1. The van der Waals surface area contributed by atoms with Crippen LogP contribution in [0.15, 0.2) is 69.5 Å². The second-order valence-corrected chi connectivity index (χ2v) is 14.5. The predicted octanol–water partition coefficient (Wildman–Crippen LogP) is 8.24. The number of hydrogen-bond donors (Lipinski definition) is 2. The zero-order valence-electron chi connectivity index (χ0n) is 31.5. The minimum Gasteiger partial charge on any atom is -0.460 e. The zero-order valence-corrected chi connectivity index (χ0v) is 31.5. The van der Waals surface area contributed by atoms with E-state index in [1.807, 2.05) is 57.3 Å². The highest BCUT2D eigenvalue weighted by molar-refractivity contribution is 5.85. The molecule has 8 rings (SSSR count). The van der Waals surface area contributed by atoms with E-state index in [1.165, 1.54) is 18.2 Å². The summed E-state index contributed by atoms with van der Waals surface area (Å²) < 4.78 is 81.3. The maximum Gasteiger partial charge on any atom is 0.387 e. The number of nitrogens with zero attached hydrogens (tertiary/aromatic N) is 3. The van der Waals surface area contributed by atoms with Crippen molar-refractivity contribution >= 4 is 28.2 Å². The first kappa shape index (κ1) is 38.4. The molecule has 2 N–H and O–H groups in total. The number of oxazole rings is 2. The van der Waals surface area contributed by atoms with Crippen LogP contribution in [0.1, 0.15) is 35.1 Å². The van der Waals surface area contributed by atoms with Crippen LogP contribution >= 0.6 is 0 Å². The largest absolute Gasteiger partial charge is 0.460 e. The first-order chi connectivity index (χ1) is 27.5. The van der Waals surface area contributed by atoms with Gasteiger partial charge < -0.3 is 33.7 Å². The number of rotatable bonds is 14. The molecule has 2 aromatic heterocycles. The molecule has 0 unspecified atom stereocenters. The number of esters is 1. The Labute approximate surface area is 325 Å². The summed E-state index contributed by atoms with van der Waals surface area (Å²) in [5, 5.41) is 6.24. The minimum atomic E-state index is -3.11. The van der Waals surface area contributed by atoms with E-state index < -0.39 is 25.2 Å². The number of alkyl halides is 4. The normalized spacial score (nSPS) is 16.3. The molecule has 2 aliphatic rings. The molecule has 15 heteroatoms. The maximum atomic E-state index is 13.5. The Hall–Kier alpha value is -5.51. The molecule has 0 aliphatic carbocycles. The summed E-state index contributed by atoms with van der Waals surface area (Å²) >= 11 is 0. The molecule has 0 radical (unpaired) electrons. The lowest BCUT2D eigenvalue weighted by molar-refractivity contribution is -0.147. The number of aromatic nitrogens is 2. The van der Waals surface area contributed by atoms with Crippen LogP contribution in [-0.4, -0.2) is 73.3 Å². The van der Waals surface area contributed by atoms with Crippen molar-refractivity contribution < 1.29 is 45.4 Å². The fraction of sp³-hybridized carbons (Fsp3) is 0.357. The van der Waals surface area contributed by atoms with Gasteiger partial charge >= 0.3 is 19.2 Å². The molecule has 0 amide bonds. The Morgan fingerprint density at radius 1 is 0.842 bits per heavy atom. The smallest absolute Gasteiger partial charge is 0.387 e. The van der Waals surface area contributed by atoms with Crippen LogP contribution in [0.5, 0.6) is 11.5 Å². The van der Waals surface area contributed by atoms with Gasteiger partial charge in [-0.05, 0) is 92.7 Å². The van der Waals surface area contributed by atoms with Crippen molar-refractivity contribution in [2.24, 2.45) is 5.92 Å². The monoisotopic (exact) mass is 787 g/mol. The number of benzene rings is 4. The fourth-order valence-electron chi connectivity index (χ4n) is 7.79. The molecular formula is C42H41F4N5O6. The predicted molar refractivity (Wildman–Crippen MR) is 204 cm³/mol. The number of fused-ring (bicyclic) bond motifs is 2. The van der Waals surface area contributed by atoms with Gasteiger partial charge in [-0.1, -0.05) is 24.3 Å². The van der Waals surface area contributed by atoms with Crippen molar-refractivity contribution in [3.05, 3.63) is 82.9 Å². The molecule has 2 fully saturated rings. The minimum absolute atomic E-state index is 0.0590. The van der Waals surface area contributed by atoms with Gasteiger partial charge in [-0.15, -0.1) is 0 Å². The van der Waals surface area contributed by atoms with E-state index in [2.05, 4.69) is 15.5 Å². The van der Waals surface area contributed by atoms with Gasteiger partial charge in [0.25, 0.3) is 0 Å². The van der Waals surface area contributed by atoms with E-state index in [4.69, 9.17) is 33.0 Å².